The minimum Gasteiger partial charge on any atom is -0.497 e. The second-order valence-electron chi connectivity index (χ2n) is 2.44. The van der Waals surface area contributed by atoms with Gasteiger partial charge in [-0.05, 0) is 17.7 Å². The van der Waals surface area contributed by atoms with Crippen LogP contribution in [0.2, 0.25) is 0 Å². The molecule has 0 fully saturated rings. The number of ether oxygens (including phenoxy) is 1. The van der Waals surface area contributed by atoms with Crippen molar-refractivity contribution in [1.29, 1.82) is 0 Å². The quantitative estimate of drug-likeness (QED) is 0.556. The van der Waals surface area contributed by atoms with E-state index in [9.17, 15) is 10.1 Å². The molecule has 0 aromatic heterocycles. The molecule has 0 spiro atoms. The van der Waals surface area contributed by atoms with E-state index in [4.69, 9.17) is 4.74 Å². The Labute approximate surface area is 75.4 Å². The first kappa shape index (κ1) is 9.31. The van der Waals surface area contributed by atoms with Gasteiger partial charge in [0.2, 0.25) is 0 Å². The maximum Gasteiger partial charge on any atom is 0.157 e. The van der Waals surface area contributed by atoms with Gasteiger partial charge in [-0.15, -0.1) is 5.43 Å². The molecule has 0 amide bonds. The third kappa shape index (κ3) is 2.98. The molecule has 70 valence electrons. The molecule has 0 saturated carbocycles. The Bertz CT molecular complexity index is 284. The lowest BCUT2D eigenvalue weighted by molar-refractivity contribution is -0.546. The predicted molar refractivity (Wildman–Crippen MR) is 46.8 cm³/mol. The SMILES string of the molecule is COc1ccc(CN[N+](=O)[O-])cc1. The molecule has 5 heteroatoms. The van der Waals surface area contributed by atoms with E-state index < -0.39 is 5.03 Å². The summed E-state index contributed by atoms with van der Waals surface area (Å²) < 4.78 is 4.94. The molecule has 0 saturated heterocycles. The van der Waals surface area contributed by atoms with Crippen molar-refractivity contribution in [2.75, 3.05) is 7.11 Å². The average Bonchev–Trinajstić information content (AvgIpc) is 2.15. The molecule has 1 aromatic carbocycles. The summed E-state index contributed by atoms with van der Waals surface area (Å²) in [5.41, 5.74) is 2.93. The van der Waals surface area contributed by atoms with Crippen molar-refractivity contribution in [3.8, 4) is 5.75 Å². The second kappa shape index (κ2) is 4.30. The molecular weight excluding hydrogens is 172 g/mol. The lowest BCUT2D eigenvalue weighted by atomic mass is 10.2. The van der Waals surface area contributed by atoms with Gasteiger partial charge in [0.05, 0.1) is 7.11 Å². The number of hydrogen-bond donors (Lipinski definition) is 1. The number of benzene rings is 1. The van der Waals surface area contributed by atoms with Crippen LogP contribution in [0, 0.1) is 10.1 Å². The van der Waals surface area contributed by atoms with Gasteiger partial charge in [0.1, 0.15) is 12.3 Å². The summed E-state index contributed by atoms with van der Waals surface area (Å²) >= 11 is 0. The van der Waals surface area contributed by atoms with Crippen LogP contribution < -0.4 is 10.2 Å². The van der Waals surface area contributed by atoms with Crippen molar-refractivity contribution in [3.63, 3.8) is 0 Å². The number of nitrogens with one attached hydrogen (secondary N) is 1. The van der Waals surface area contributed by atoms with Gasteiger partial charge >= 0.3 is 0 Å². The molecule has 0 aliphatic heterocycles. The Morgan fingerprint density at radius 1 is 1.46 bits per heavy atom. The minimum absolute atomic E-state index is 0.219. The third-order valence-corrected chi connectivity index (χ3v) is 1.57. The van der Waals surface area contributed by atoms with E-state index >= 15 is 0 Å². The molecule has 0 aliphatic carbocycles. The van der Waals surface area contributed by atoms with Gasteiger partial charge in [-0.2, -0.15) is 0 Å². The van der Waals surface area contributed by atoms with Gasteiger partial charge in [-0.1, -0.05) is 12.1 Å². The van der Waals surface area contributed by atoms with Crippen LogP contribution in [0.1, 0.15) is 5.56 Å². The normalized spacial score (nSPS) is 9.31. The molecule has 1 aromatic rings. The molecular formula is C8H10N2O3. The summed E-state index contributed by atoms with van der Waals surface area (Å²) in [5.74, 6) is 0.741. The van der Waals surface area contributed by atoms with Crippen LogP contribution in [0.3, 0.4) is 0 Å². The van der Waals surface area contributed by atoms with E-state index in [1.54, 1.807) is 31.4 Å². The largest absolute Gasteiger partial charge is 0.497 e. The van der Waals surface area contributed by atoms with Crippen molar-refractivity contribution in [2.24, 2.45) is 0 Å². The van der Waals surface area contributed by atoms with Crippen molar-refractivity contribution in [3.05, 3.63) is 39.9 Å². The second-order valence-corrected chi connectivity index (χ2v) is 2.44. The van der Waals surface area contributed by atoms with Gasteiger partial charge < -0.3 is 4.74 Å². The van der Waals surface area contributed by atoms with Crippen LogP contribution in [0.4, 0.5) is 0 Å². The summed E-state index contributed by atoms with van der Waals surface area (Å²) in [6.07, 6.45) is 0. The van der Waals surface area contributed by atoms with Gasteiger partial charge in [-0.25, -0.2) is 10.1 Å². The van der Waals surface area contributed by atoms with Crippen LogP contribution in [-0.4, -0.2) is 12.1 Å². The lowest BCUT2D eigenvalue weighted by Gasteiger charge is -2.01. The highest BCUT2D eigenvalue weighted by molar-refractivity contribution is 5.26. The molecule has 0 unspecified atom stereocenters. The molecule has 0 heterocycles. The maximum atomic E-state index is 9.97. The fourth-order valence-electron chi connectivity index (χ4n) is 0.899. The Kier molecular flexibility index (Phi) is 3.08. The van der Waals surface area contributed by atoms with E-state index in [1.165, 1.54) is 0 Å². The fourth-order valence-corrected chi connectivity index (χ4v) is 0.899. The molecule has 13 heavy (non-hydrogen) atoms. The summed E-state index contributed by atoms with van der Waals surface area (Å²) in [4.78, 5) is 9.97. The fraction of sp³-hybridized carbons (Fsp3) is 0.250. The number of rotatable bonds is 4. The van der Waals surface area contributed by atoms with E-state index in [1.807, 2.05) is 0 Å². The summed E-state index contributed by atoms with van der Waals surface area (Å²) in [5, 5.41) is 9.40. The van der Waals surface area contributed by atoms with E-state index in [0.29, 0.717) is 0 Å². The first-order chi connectivity index (χ1) is 6.22. The van der Waals surface area contributed by atoms with E-state index in [2.05, 4.69) is 5.43 Å². The Hall–Kier alpha value is -1.78. The zero-order valence-corrected chi connectivity index (χ0v) is 7.19. The van der Waals surface area contributed by atoms with Crippen LogP contribution in [0.25, 0.3) is 0 Å². The van der Waals surface area contributed by atoms with Crippen molar-refractivity contribution >= 4 is 0 Å². The Morgan fingerprint density at radius 3 is 2.54 bits per heavy atom. The minimum atomic E-state index is -0.565. The van der Waals surface area contributed by atoms with E-state index in [-0.39, 0.29) is 6.54 Å². The molecule has 0 atom stereocenters. The van der Waals surface area contributed by atoms with Crippen LogP contribution in [0.5, 0.6) is 5.75 Å². The first-order valence-electron chi connectivity index (χ1n) is 3.73. The van der Waals surface area contributed by atoms with Crippen LogP contribution >= 0.6 is 0 Å². The van der Waals surface area contributed by atoms with Gasteiger partial charge in [0.15, 0.2) is 5.03 Å². The summed E-state index contributed by atoms with van der Waals surface area (Å²) in [6, 6.07) is 7.07. The average molecular weight is 182 g/mol. The monoisotopic (exact) mass is 182 g/mol. The van der Waals surface area contributed by atoms with Crippen molar-refractivity contribution in [1.82, 2.24) is 5.43 Å². The lowest BCUT2D eigenvalue weighted by Crippen LogP contribution is -2.20. The van der Waals surface area contributed by atoms with Gasteiger partial charge in [-0.3, -0.25) is 0 Å². The number of hydrogen-bond acceptors (Lipinski definition) is 3. The standard InChI is InChI=1S/C8H10N2O3/c1-13-8-4-2-7(3-5-8)6-9-10(11)12/h2-5,9H,6H2,1H3. The molecule has 0 radical (unpaired) electrons. The highest BCUT2D eigenvalue weighted by atomic mass is 16.7. The zero-order chi connectivity index (χ0) is 9.68. The number of hydrazine groups is 1. The molecule has 1 rings (SSSR count). The highest BCUT2D eigenvalue weighted by Gasteiger charge is 1.97. The van der Waals surface area contributed by atoms with Gasteiger partial charge in [0.25, 0.3) is 0 Å². The van der Waals surface area contributed by atoms with Gasteiger partial charge in [0, 0.05) is 0 Å². The van der Waals surface area contributed by atoms with Crippen molar-refractivity contribution in [2.45, 2.75) is 6.54 Å². The Morgan fingerprint density at radius 2 is 2.08 bits per heavy atom. The smallest absolute Gasteiger partial charge is 0.157 e. The molecule has 0 aliphatic rings. The number of methoxy groups -OCH3 is 1. The number of nitro groups is 1. The van der Waals surface area contributed by atoms with Crippen LogP contribution in [0.15, 0.2) is 24.3 Å². The number of nitrogens with zero attached hydrogens (tertiary/aromatic N) is 1. The molecule has 5 nitrogen and oxygen atoms in total. The van der Waals surface area contributed by atoms with E-state index in [0.717, 1.165) is 11.3 Å². The third-order valence-electron chi connectivity index (χ3n) is 1.57. The zero-order valence-electron chi connectivity index (χ0n) is 7.19. The van der Waals surface area contributed by atoms with Crippen LogP contribution in [-0.2, 0) is 6.54 Å². The summed E-state index contributed by atoms with van der Waals surface area (Å²) in [7, 11) is 1.57. The van der Waals surface area contributed by atoms with Crippen molar-refractivity contribution < 1.29 is 9.77 Å². The molecule has 1 N–H and O–H groups in total. The first-order valence-corrected chi connectivity index (χ1v) is 3.73. The summed E-state index contributed by atoms with van der Waals surface area (Å²) in [6.45, 7) is 0.219. The predicted octanol–water partition coefficient (Wildman–Crippen LogP) is 0.976. The maximum absolute atomic E-state index is 9.97. The Balaban J connectivity index is 2.54. The molecule has 0 bridgehead atoms. The highest BCUT2D eigenvalue weighted by Crippen LogP contribution is 2.10. The topological polar surface area (TPSA) is 64.4 Å².